The van der Waals surface area contributed by atoms with Crippen LogP contribution < -0.4 is 0 Å². The quantitative estimate of drug-likeness (QED) is 0.679. The van der Waals surface area contributed by atoms with Gasteiger partial charge in [-0.05, 0) is 18.2 Å². The SMILES string of the molecule is ClCc1nc2cnccc2n1Cc1ccccn1. The first-order chi connectivity index (χ1) is 8.88. The van der Waals surface area contributed by atoms with Gasteiger partial charge in [0.05, 0.1) is 29.8 Å². The van der Waals surface area contributed by atoms with E-state index >= 15 is 0 Å². The fourth-order valence-electron chi connectivity index (χ4n) is 1.96. The van der Waals surface area contributed by atoms with Gasteiger partial charge in [-0.3, -0.25) is 9.97 Å². The summed E-state index contributed by atoms with van der Waals surface area (Å²) in [5.74, 6) is 1.21. The molecule has 3 aromatic rings. The molecule has 0 saturated carbocycles. The van der Waals surface area contributed by atoms with Gasteiger partial charge in [0.15, 0.2) is 0 Å². The monoisotopic (exact) mass is 258 g/mol. The molecule has 0 aliphatic carbocycles. The van der Waals surface area contributed by atoms with Crippen molar-refractivity contribution in [3.05, 3.63) is 54.4 Å². The minimum absolute atomic E-state index is 0.377. The molecule has 3 aromatic heterocycles. The van der Waals surface area contributed by atoms with Crippen LogP contribution >= 0.6 is 11.6 Å². The number of pyridine rings is 2. The Kier molecular flexibility index (Phi) is 2.94. The first-order valence-electron chi connectivity index (χ1n) is 5.63. The van der Waals surface area contributed by atoms with E-state index in [1.54, 1.807) is 18.6 Å². The van der Waals surface area contributed by atoms with Crippen molar-refractivity contribution in [2.45, 2.75) is 12.4 Å². The van der Waals surface area contributed by atoms with Crippen LogP contribution in [0.2, 0.25) is 0 Å². The lowest BCUT2D eigenvalue weighted by Crippen LogP contribution is -2.05. The highest BCUT2D eigenvalue weighted by Crippen LogP contribution is 2.17. The number of nitrogens with zero attached hydrogens (tertiary/aromatic N) is 4. The summed E-state index contributed by atoms with van der Waals surface area (Å²) in [4.78, 5) is 12.9. The minimum atomic E-state index is 0.377. The Morgan fingerprint density at radius 2 is 2.11 bits per heavy atom. The van der Waals surface area contributed by atoms with Gasteiger partial charge in [-0.25, -0.2) is 4.98 Å². The van der Waals surface area contributed by atoms with Gasteiger partial charge in [-0.15, -0.1) is 11.6 Å². The maximum Gasteiger partial charge on any atom is 0.125 e. The van der Waals surface area contributed by atoms with Crippen LogP contribution in [0.1, 0.15) is 11.5 Å². The number of hydrogen-bond acceptors (Lipinski definition) is 3. The van der Waals surface area contributed by atoms with Gasteiger partial charge >= 0.3 is 0 Å². The lowest BCUT2D eigenvalue weighted by atomic mass is 10.3. The second-order valence-corrected chi connectivity index (χ2v) is 4.20. The summed E-state index contributed by atoms with van der Waals surface area (Å²) < 4.78 is 2.08. The zero-order valence-electron chi connectivity index (χ0n) is 9.62. The van der Waals surface area contributed by atoms with Gasteiger partial charge in [0.2, 0.25) is 0 Å². The molecule has 0 bridgehead atoms. The molecule has 5 heteroatoms. The van der Waals surface area contributed by atoms with E-state index in [4.69, 9.17) is 11.6 Å². The van der Waals surface area contributed by atoms with Crippen molar-refractivity contribution in [3.63, 3.8) is 0 Å². The van der Waals surface area contributed by atoms with Gasteiger partial charge in [0, 0.05) is 12.4 Å². The van der Waals surface area contributed by atoms with E-state index in [9.17, 15) is 0 Å². The zero-order chi connectivity index (χ0) is 12.4. The predicted octanol–water partition coefficient (Wildman–Crippen LogP) is 2.61. The summed E-state index contributed by atoms with van der Waals surface area (Å²) >= 11 is 5.95. The van der Waals surface area contributed by atoms with Crippen LogP contribution in [0, 0.1) is 0 Å². The first kappa shape index (κ1) is 11.2. The molecule has 0 saturated heterocycles. The summed E-state index contributed by atoms with van der Waals surface area (Å²) in [6.45, 7) is 0.670. The number of imidazole rings is 1. The van der Waals surface area contributed by atoms with Crippen LogP contribution in [-0.4, -0.2) is 19.5 Å². The number of alkyl halides is 1. The molecule has 0 spiro atoms. The summed E-state index contributed by atoms with van der Waals surface area (Å²) in [6, 6.07) is 7.82. The Labute approximate surface area is 109 Å². The van der Waals surface area contributed by atoms with Crippen molar-refractivity contribution in [2.75, 3.05) is 0 Å². The molecule has 0 atom stereocenters. The minimum Gasteiger partial charge on any atom is -0.321 e. The third kappa shape index (κ3) is 1.95. The molecule has 3 rings (SSSR count). The highest BCUT2D eigenvalue weighted by atomic mass is 35.5. The van der Waals surface area contributed by atoms with E-state index < -0.39 is 0 Å². The zero-order valence-corrected chi connectivity index (χ0v) is 10.4. The maximum atomic E-state index is 5.95. The smallest absolute Gasteiger partial charge is 0.125 e. The highest BCUT2D eigenvalue weighted by Gasteiger charge is 2.10. The Hall–Kier alpha value is -1.94. The Balaban J connectivity index is 2.10. The van der Waals surface area contributed by atoms with Gasteiger partial charge in [-0.1, -0.05) is 6.07 Å². The van der Waals surface area contributed by atoms with Crippen molar-refractivity contribution >= 4 is 22.6 Å². The Morgan fingerprint density at radius 3 is 2.89 bits per heavy atom. The van der Waals surface area contributed by atoms with E-state index in [0.717, 1.165) is 22.6 Å². The first-order valence-corrected chi connectivity index (χ1v) is 6.17. The van der Waals surface area contributed by atoms with Crippen LogP contribution in [0.3, 0.4) is 0 Å². The average Bonchev–Trinajstić information content (AvgIpc) is 2.78. The highest BCUT2D eigenvalue weighted by molar-refractivity contribution is 6.16. The van der Waals surface area contributed by atoms with Crippen LogP contribution in [-0.2, 0) is 12.4 Å². The van der Waals surface area contributed by atoms with E-state index in [1.165, 1.54) is 0 Å². The molecular formula is C13H11ClN4. The lowest BCUT2D eigenvalue weighted by molar-refractivity contribution is 0.758. The number of rotatable bonds is 3. The van der Waals surface area contributed by atoms with E-state index in [-0.39, 0.29) is 0 Å². The number of aromatic nitrogens is 4. The second-order valence-electron chi connectivity index (χ2n) is 3.93. The summed E-state index contributed by atoms with van der Waals surface area (Å²) in [6.07, 6.45) is 5.30. The number of hydrogen-bond donors (Lipinski definition) is 0. The van der Waals surface area contributed by atoms with Gasteiger partial charge < -0.3 is 4.57 Å². The largest absolute Gasteiger partial charge is 0.321 e. The maximum absolute atomic E-state index is 5.95. The molecule has 0 aliphatic heterocycles. The summed E-state index contributed by atoms with van der Waals surface area (Å²) in [7, 11) is 0. The van der Waals surface area contributed by atoms with E-state index in [1.807, 2.05) is 24.3 Å². The van der Waals surface area contributed by atoms with Crippen LogP contribution in [0.25, 0.3) is 11.0 Å². The molecule has 0 unspecified atom stereocenters. The topological polar surface area (TPSA) is 43.6 Å². The van der Waals surface area contributed by atoms with Crippen molar-refractivity contribution in [1.29, 1.82) is 0 Å². The molecule has 0 amide bonds. The Morgan fingerprint density at radius 1 is 1.17 bits per heavy atom. The standard InChI is InChI=1S/C13H11ClN4/c14-7-13-17-11-8-15-6-4-12(11)18(13)9-10-3-1-2-5-16-10/h1-6,8H,7,9H2. The van der Waals surface area contributed by atoms with Crippen LogP contribution in [0.4, 0.5) is 0 Å². The molecule has 0 radical (unpaired) electrons. The summed E-state index contributed by atoms with van der Waals surface area (Å²) in [5.41, 5.74) is 2.88. The molecular weight excluding hydrogens is 248 g/mol. The average molecular weight is 259 g/mol. The predicted molar refractivity (Wildman–Crippen MR) is 70.4 cm³/mol. The van der Waals surface area contributed by atoms with Crippen molar-refractivity contribution in [2.24, 2.45) is 0 Å². The molecule has 0 aliphatic rings. The fourth-order valence-corrected chi connectivity index (χ4v) is 2.17. The third-order valence-electron chi connectivity index (χ3n) is 2.80. The second kappa shape index (κ2) is 4.74. The molecule has 0 fully saturated rings. The van der Waals surface area contributed by atoms with Gasteiger partial charge in [0.1, 0.15) is 11.3 Å². The number of halogens is 1. The fraction of sp³-hybridized carbons (Fsp3) is 0.154. The van der Waals surface area contributed by atoms with Crippen molar-refractivity contribution < 1.29 is 0 Å². The van der Waals surface area contributed by atoms with Crippen molar-refractivity contribution in [1.82, 2.24) is 19.5 Å². The van der Waals surface area contributed by atoms with Crippen molar-refractivity contribution in [3.8, 4) is 0 Å². The van der Waals surface area contributed by atoms with Crippen LogP contribution in [0.15, 0.2) is 42.9 Å². The summed E-state index contributed by atoms with van der Waals surface area (Å²) in [5, 5.41) is 0. The van der Waals surface area contributed by atoms with E-state index in [0.29, 0.717) is 12.4 Å². The molecule has 90 valence electrons. The molecule has 3 heterocycles. The number of fused-ring (bicyclic) bond motifs is 1. The van der Waals surface area contributed by atoms with E-state index in [2.05, 4.69) is 19.5 Å². The molecule has 0 N–H and O–H groups in total. The molecule has 18 heavy (non-hydrogen) atoms. The van der Waals surface area contributed by atoms with Gasteiger partial charge in [0.25, 0.3) is 0 Å². The normalized spacial score (nSPS) is 10.9. The lowest BCUT2D eigenvalue weighted by Gasteiger charge is -2.06. The molecule has 0 aromatic carbocycles. The van der Waals surface area contributed by atoms with Crippen LogP contribution in [0.5, 0.6) is 0 Å². The third-order valence-corrected chi connectivity index (χ3v) is 3.03. The Bertz CT molecular complexity index is 663. The van der Waals surface area contributed by atoms with Gasteiger partial charge in [-0.2, -0.15) is 0 Å². The molecule has 4 nitrogen and oxygen atoms in total.